The molecule has 0 aromatic carbocycles. The van der Waals surface area contributed by atoms with Crippen molar-refractivity contribution in [2.75, 3.05) is 20.2 Å². The van der Waals surface area contributed by atoms with Crippen LogP contribution in [0.25, 0.3) is 0 Å². The van der Waals surface area contributed by atoms with Gasteiger partial charge in [0.15, 0.2) is 0 Å². The van der Waals surface area contributed by atoms with Crippen LogP contribution in [0, 0.1) is 5.92 Å². The Morgan fingerprint density at radius 1 is 1.41 bits per heavy atom. The minimum absolute atomic E-state index is 0.0344. The summed E-state index contributed by atoms with van der Waals surface area (Å²) in [4.78, 5) is 13.7. The van der Waals surface area contributed by atoms with Crippen molar-refractivity contribution in [1.82, 2.24) is 10.2 Å². The van der Waals surface area contributed by atoms with Crippen molar-refractivity contribution in [2.24, 2.45) is 5.92 Å². The highest BCUT2D eigenvalue weighted by Crippen LogP contribution is 2.23. The van der Waals surface area contributed by atoms with E-state index in [1.54, 1.807) is 0 Å². The molecule has 1 amide bonds. The Kier molecular flexibility index (Phi) is 5.92. The molecule has 17 heavy (non-hydrogen) atoms. The summed E-state index contributed by atoms with van der Waals surface area (Å²) >= 11 is 0. The molecule has 0 aliphatic heterocycles. The normalized spacial score (nSPS) is 26.9. The average Bonchev–Trinajstić information content (AvgIpc) is 2.30. The number of nitrogens with zero attached hydrogens (tertiary/aromatic N) is 1. The summed E-state index contributed by atoms with van der Waals surface area (Å²) < 4.78 is 0. The van der Waals surface area contributed by atoms with Gasteiger partial charge in [-0.3, -0.25) is 9.69 Å². The van der Waals surface area contributed by atoms with Crippen molar-refractivity contribution in [3.63, 3.8) is 0 Å². The first-order valence-electron chi connectivity index (χ1n) is 6.63. The molecule has 0 saturated heterocycles. The Labute approximate surface area is 104 Å². The van der Waals surface area contributed by atoms with Gasteiger partial charge in [0.2, 0.25) is 5.91 Å². The fourth-order valence-corrected chi connectivity index (χ4v) is 2.20. The second-order valence-electron chi connectivity index (χ2n) is 5.47. The number of aliphatic hydroxyl groups is 1. The van der Waals surface area contributed by atoms with Gasteiger partial charge in [-0.1, -0.05) is 6.92 Å². The van der Waals surface area contributed by atoms with Gasteiger partial charge in [-0.15, -0.1) is 0 Å². The number of rotatable bonds is 5. The van der Waals surface area contributed by atoms with Crippen molar-refractivity contribution in [1.29, 1.82) is 0 Å². The van der Waals surface area contributed by atoms with Crippen LogP contribution < -0.4 is 5.32 Å². The fraction of sp³-hybridized carbons (Fsp3) is 0.923. The highest BCUT2D eigenvalue weighted by Gasteiger charge is 2.20. The molecule has 1 unspecified atom stereocenters. The summed E-state index contributed by atoms with van der Waals surface area (Å²) in [5.41, 5.74) is 0. The van der Waals surface area contributed by atoms with Crippen molar-refractivity contribution >= 4 is 5.91 Å². The minimum atomic E-state index is 0.0344. The van der Waals surface area contributed by atoms with E-state index in [1.807, 2.05) is 18.9 Å². The summed E-state index contributed by atoms with van der Waals surface area (Å²) in [5, 5.41) is 12.1. The van der Waals surface area contributed by atoms with Gasteiger partial charge in [0, 0.05) is 12.1 Å². The van der Waals surface area contributed by atoms with Crippen molar-refractivity contribution in [3.05, 3.63) is 0 Å². The number of carbonyl (C=O) groups is 1. The molecule has 1 aliphatic carbocycles. The van der Waals surface area contributed by atoms with Gasteiger partial charge in [-0.25, -0.2) is 0 Å². The molecule has 0 aromatic heterocycles. The molecule has 2 N–H and O–H groups in total. The van der Waals surface area contributed by atoms with E-state index in [0.717, 1.165) is 18.8 Å². The Morgan fingerprint density at radius 3 is 2.53 bits per heavy atom. The summed E-state index contributed by atoms with van der Waals surface area (Å²) in [5.74, 6) is 0.882. The third kappa shape index (κ3) is 5.04. The number of nitrogens with one attached hydrogen (secondary N) is 1. The Bertz CT molecular complexity index is 238. The molecule has 100 valence electrons. The topological polar surface area (TPSA) is 52.6 Å². The van der Waals surface area contributed by atoms with Crippen LogP contribution in [-0.4, -0.2) is 48.2 Å². The molecule has 0 heterocycles. The zero-order valence-corrected chi connectivity index (χ0v) is 11.3. The molecule has 0 radical (unpaired) electrons. The molecule has 0 bridgehead atoms. The first-order chi connectivity index (χ1) is 8.02. The smallest absolute Gasteiger partial charge is 0.234 e. The van der Waals surface area contributed by atoms with Crippen molar-refractivity contribution < 1.29 is 9.90 Å². The molecule has 1 fully saturated rings. The number of carbonyl (C=O) groups excluding carboxylic acids is 1. The number of hydrogen-bond acceptors (Lipinski definition) is 3. The van der Waals surface area contributed by atoms with E-state index in [1.165, 1.54) is 12.8 Å². The van der Waals surface area contributed by atoms with E-state index in [0.29, 0.717) is 12.6 Å². The van der Waals surface area contributed by atoms with Crippen LogP contribution in [0.1, 0.15) is 39.5 Å². The largest absolute Gasteiger partial charge is 0.395 e. The van der Waals surface area contributed by atoms with E-state index >= 15 is 0 Å². The third-order valence-electron chi connectivity index (χ3n) is 3.79. The molecule has 1 atom stereocenters. The van der Waals surface area contributed by atoms with Crippen LogP contribution in [0.5, 0.6) is 0 Å². The second-order valence-corrected chi connectivity index (χ2v) is 5.47. The Morgan fingerprint density at radius 2 is 2.00 bits per heavy atom. The lowest BCUT2D eigenvalue weighted by atomic mass is 9.87. The van der Waals surface area contributed by atoms with Crippen LogP contribution >= 0.6 is 0 Å². The fourth-order valence-electron chi connectivity index (χ4n) is 2.20. The van der Waals surface area contributed by atoms with Gasteiger partial charge in [-0.2, -0.15) is 0 Å². The lowest BCUT2D eigenvalue weighted by Gasteiger charge is -2.28. The van der Waals surface area contributed by atoms with Crippen LogP contribution in [-0.2, 0) is 4.79 Å². The first kappa shape index (κ1) is 14.5. The maximum atomic E-state index is 11.8. The quantitative estimate of drug-likeness (QED) is 0.756. The second kappa shape index (κ2) is 6.97. The third-order valence-corrected chi connectivity index (χ3v) is 3.79. The highest BCUT2D eigenvalue weighted by atomic mass is 16.3. The Hall–Kier alpha value is -0.610. The molecule has 1 rings (SSSR count). The molecule has 0 spiro atoms. The van der Waals surface area contributed by atoms with E-state index in [-0.39, 0.29) is 18.6 Å². The minimum Gasteiger partial charge on any atom is -0.395 e. The maximum absolute atomic E-state index is 11.8. The summed E-state index contributed by atoms with van der Waals surface area (Å²) in [6.45, 7) is 4.64. The predicted molar refractivity (Wildman–Crippen MR) is 68.7 cm³/mol. The molecule has 4 heteroatoms. The molecule has 1 saturated carbocycles. The van der Waals surface area contributed by atoms with Gasteiger partial charge in [-0.05, 0) is 45.6 Å². The first-order valence-corrected chi connectivity index (χ1v) is 6.63. The average molecular weight is 242 g/mol. The van der Waals surface area contributed by atoms with Crippen LogP contribution in [0.3, 0.4) is 0 Å². The summed E-state index contributed by atoms with van der Waals surface area (Å²) in [7, 11) is 1.86. The number of amides is 1. The van der Waals surface area contributed by atoms with Crippen molar-refractivity contribution in [2.45, 2.75) is 51.6 Å². The van der Waals surface area contributed by atoms with E-state index < -0.39 is 0 Å². The zero-order valence-electron chi connectivity index (χ0n) is 11.3. The SMILES string of the molecule is CC1CCC(NC(=O)CN(C)C(C)CO)CC1. The zero-order chi connectivity index (χ0) is 12.8. The monoisotopic (exact) mass is 242 g/mol. The lowest BCUT2D eigenvalue weighted by Crippen LogP contribution is -2.45. The van der Waals surface area contributed by atoms with Crippen LogP contribution in [0.2, 0.25) is 0 Å². The van der Waals surface area contributed by atoms with Crippen LogP contribution in [0.15, 0.2) is 0 Å². The highest BCUT2D eigenvalue weighted by molar-refractivity contribution is 5.78. The number of aliphatic hydroxyl groups excluding tert-OH is 1. The summed E-state index contributed by atoms with van der Waals surface area (Å²) in [6.07, 6.45) is 4.64. The lowest BCUT2D eigenvalue weighted by molar-refractivity contribution is -0.123. The number of likely N-dealkylation sites (N-methyl/N-ethyl adjacent to an activating group) is 1. The van der Waals surface area contributed by atoms with Gasteiger partial charge < -0.3 is 10.4 Å². The molecular formula is C13H26N2O2. The van der Waals surface area contributed by atoms with Gasteiger partial charge in [0.25, 0.3) is 0 Å². The molecule has 0 aromatic rings. The van der Waals surface area contributed by atoms with Crippen LogP contribution in [0.4, 0.5) is 0 Å². The van der Waals surface area contributed by atoms with E-state index in [9.17, 15) is 4.79 Å². The molecular weight excluding hydrogens is 216 g/mol. The van der Waals surface area contributed by atoms with E-state index in [4.69, 9.17) is 5.11 Å². The van der Waals surface area contributed by atoms with Crippen molar-refractivity contribution in [3.8, 4) is 0 Å². The van der Waals surface area contributed by atoms with Gasteiger partial charge in [0.05, 0.1) is 13.2 Å². The number of hydrogen-bond donors (Lipinski definition) is 2. The van der Waals surface area contributed by atoms with Gasteiger partial charge in [0.1, 0.15) is 0 Å². The maximum Gasteiger partial charge on any atom is 0.234 e. The molecule has 4 nitrogen and oxygen atoms in total. The van der Waals surface area contributed by atoms with E-state index in [2.05, 4.69) is 12.2 Å². The van der Waals surface area contributed by atoms with Gasteiger partial charge >= 0.3 is 0 Å². The Balaban J connectivity index is 2.25. The molecule has 1 aliphatic rings. The summed E-state index contributed by atoms with van der Waals surface area (Å²) in [6, 6.07) is 0.392. The standard InChI is InChI=1S/C13H26N2O2/c1-10-4-6-12(7-5-10)14-13(17)8-15(3)11(2)9-16/h10-12,16H,4-9H2,1-3H3,(H,14,17). The predicted octanol–water partition coefficient (Wildman–Crippen LogP) is 0.994.